The Morgan fingerprint density at radius 1 is 1.41 bits per heavy atom. The molecule has 0 bridgehead atoms. The minimum atomic E-state index is 0.230. The fourth-order valence-corrected chi connectivity index (χ4v) is 1.83. The van der Waals surface area contributed by atoms with Gasteiger partial charge in [-0.3, -0.25) is 0 Å². The van der Waals surface area contributed by atoms with E-state index in [0.29, 0.717) is 0 Å². The molecule has 0 spiro atoms. The van der Waals surface area contributed by atoms with E-state index in [-0.39, 0.29) is 5.54 Å². The van der Waals surface area contributed by atoms with E-state index >= 15 is 0 Å². The van der Waals surface area contributed by atoms with Crippen LogP contribution in [0.25, 0.3) is 0 Å². The molecule has 1 unspecified atom stereocenters. The highest BCUT2D eigenvalue weighted by Gasteiger charge is 2.11. The van der Waals surface area contributed by atoms with Crippen LogP contribution >= 0.6 is 0 Å². The molecule has 0 aliphatic heterocycles. The molecule has 1 aromatic heterocycles. The number of rotatable bonds is 6. The van der Waals surface area contributed by atoms with Crippen LogP contribution in [0.4, 0.5) is 0 Å². The summed E-state index contributed by atoms with van der Waals surface area (Å²) in [6.45, 7) is 10.1. The summed E-state index contributed by atoms with van der Waals surface area (Å²) in [5, 5.41) is 3.56. The van der Waals surface area contributed by atoms with E-state index < -0.39 is 0 Å². The Hall–Kier alpha value is -0.830. The highest BCUT2D eigenvalue weighted by atomic mass is 15.0. The molecule has 1 aromatic rings. The fourth-order valence-electron chi connectivity index (χ4n) is 1.83. The van der Waals surface area contributed by atoms with Crippen molar-refractivity contribution in [1.82, 2.24) is 14.9 Å². The normalized spacial score (nSPS) is 13.9. The van der Waals surface area contributed by atoms with E-state index in [1.165, 1.54) is 18.7 Å². The molecule has 98 valence electrons. The predicted octanol–water partition coefficient (Wildman–Crippen LogP) is 2.77. The van der Waals surface area contributed by atoms with Crippen LogP contribution in [0, 0.1) is 5.92 Å². The van der Waals surface area contributed by atoms with Gasteiger partial charge in [-0.05, 0) is 46.1 Å². The Morgan fingerprint density at radius 3 is 2.65 bits per heavy atom. The zero-order valence-corrected chi connectivity index (χ0v) is 12.0. The van der Waals surface area contributed by atoms with Crippen molar-refractivity contribution in [3.8, 4) is 0 Å². The summed E-state index contributed by atoms with van der Waals surface area (Å²) in [5.74, 6) is 1.93. The Balaban J connectivity index is 2.16. The van der Waals surface area contributed by atoms with Crippen LogP contribution in [-0.4, -0.2) is 21.6 Å². The largest absolute Gasteiger partial charge is 0.338 e. The minimum absolute atomic E-state index is 0.230. The molecule has 17 heavy (non-hydrogen) atoms. The molecule has 1 N–H and O–H groups in total. The number of aryl methyl sites for hydroxylation is 2. The Kier molecular flexibility index (Phi) is 5.19. The van der Waals surface area contributed by atoms with Crippen LogP contribution in [0.5, 0.6) is 0 Å². The van der Waals surface area contributed by atoms with Crippen molar-refractivity contribution in [3.05, 3.63) is 18.2 Å². The van der Waals surface area contributed by atoms with Gasteiger partial charge in [-0.1, -0.05) is 6.92 Å². The first-order valence-corrected chi connectivity index (χ1v) is 6.60. The third-order valence-corrected chi connectivity index (χ3v) is 3.00. The van der Waals surface area contributed by atoms with Crippen molar-refractivity contribution < 1.29 is 0 Å². The second kappa shape index (κ2) is 6.20. The number of hydrogen-bond donors (Lipinski definition) is 1. The molecule has 0 saturated carbocycles. The molecule has 3 nitrogen and oxygen atoms in total. The van der Waals surface area contributed by atoms with Gasteiger partial charge in [-0.25, -0.2) is 4.98 Å². The zero-order chi connectivity index (χ0) is 12.9. The molecule has 1 atom stereocenters. The molecule has 0 radical (unpaired) electrons. The monoisotopic (exact) mass is 237 g/mol. The fraction of sp³-hybridized carbons (Fsp3) is 0.786. The van der Waals surface area contributed by atoms with Crippen molar-refractivity contribution >= 4 is 0 Å². The van der Waals surface area contributed by atoms with Gasteiger partial charge in [0.1, 0.15) is 5.82 Å². The topological polar surface area (TPSA) is 29.9 Å². The first-order chi connectivity index (χ1) is 7.88. The van der Waals surface area contributed by atoms with Crippen molar-refractivity contribution in [2.75, 3.05) is 6.54 Å². The summed E-state index contributed by atoms with van der Waals surface area (Å²) in [7, 11) is 2.06. The maximum atomic E-state index is 4.35. The third-order valence-electron chi connectivity index (χ3n) is 3.00. The summed E-state index contributed by atoms with van der Waals surface area (Å²) in [6, 6.07) is 0. The van der Waals surface area contributed by atoms with Crippen LogP contribution < -0.4 is 5.32 Å². The van der Waals surface area contributed by atoms with E-state index in [1.807, 2.05) is 12.4 Å². The summed E-state index contributed by atoms with van der Waals surface area (Å²) in [5.41, 5.74) is 0.230. The van der Waals surface area contributed by atoms with E-state index in [0.717, 1.165) is 18.9 Å². The van der Waals surface area contributed by atoms with Crippen LogP contribution in [0.3, 0.4) is 0 Å². The molecule has 3 heteroatoms. The van der Waals surface area contributed by atoms with Crippen LogP contribution in [0.15, 0.2) is 12.4 Å². The summed E-state index contributed by atoms with van der Waals surface area (Å²) in [4.78, 5) is 4.35. The lowest BCUT2D eigenvalue weighted by Crippen LogP contribution is -2.38. The predicted molar refractivity (Wildman–Crippen MR) is 73.1 cm³/mol. The molecule has 0 saturated heterocycles. The van der Waals surface area contributed by atoms with Gasteiger partial charge in [0.15, 0.2) is 0 Å². The molecule has 1 heterocycles. The summed E-state index contributed by atoms with van der Waals surface area (Å²) < 4.78 is 2.11. The number of nitrogens with zero attached hydrogens (tertiary/aromatic N) is 2. The van der Waals surface area contributed by atoms with Gasteiger partial charge < -0.3 is 9.88 Å². The highest BCUT2D eigenvalue weighted by Crippen LogP contribution is 2.10. The Labute approximate surface area is 106 Å². The Bertz CT molecular complexity index is 322. The Morgan fingerprint density at radius 2 is 2.12 bits per heavy atom. The van der Waals surface area contributed by atoms with Gasteiger partial charge >= 0.3 is 0 Å². The SMILES string of the molecule is CC(CCCc1nccn1C)CNC(C)(C)C. The molecular weight excluding hydrogens is 210 g/mol. The van der Waals surface area contributed by atoms with Gasteiger partial charge in [0.2, 0.25) is 0 Å². The zero-order valence-electron chi connectivity index (χ0n) is 12.0. The van der Waals surface area contributed by atoms with Crippen molar-refractivity contribution in [3.63, 3.8) is 0 Å². The van der Waals surface area contributed by atoms with Gasteiger partial charge in [0.25, 0.3) is 0 Å². The van der Waals surface area contributed by atoms with Gasteiger partial charge in [-0.2, -0.15) is 0 Å². The second-order valence-electron chi connectivity index (χ2n) is 6.08. The first kappa shape index (κ1) is 14.2. The first-order valence-electron chi connectivity index (χ1n) is 6.60. The van der Waals surface area contributed by atoms with Crippen molar-refractivity contribution in [2.45, 2.75) is 52.5 Å². The van der Waals surface area contributed by atoms with Crippen LogP contribution in [0.2, 0.25) is 0 Å². The van der Waals surface area contributed by atoms with E-state index in [4.69, 9.17) is 0 Å². The molecule has 0 aromatic carbocycles. The molecular formula is C14H27N3. The highest BCUT2D eigenvalue weighted by molar-refractivity contribution is 4.90. The quantitative estimate of drug-likeness (QED) is 0.824. The smallest absolute Gasteiger partial charge is 0.108 e. The lowest BCUT2D eigenvalue weighted by molar-refractivity contribution is 0.368. The second-order valence-corrected chi connectivity index (χ2v) is 6.08. The molecule has 1 rings (SSSR count). The summed E-state index contributed by atoms with van der Waals surface area (Å²) >= 11 is 0. The number of imidazole rings is 1. The number of nitrogens with one attached hydrogen (secondary N) is 1. The standard InChI is InChI=1S/C14H27N3/c1-12(11-16-14(2,3)4)7-6-8-13-15-9-10-17(13)5/h9-10,12,16H,6-8,11H2,1-5H3. The molecule has 0 aliphatic rings. The minimum Gasteiger partial charge on any atom is -0.338 e. The van der Waals surface area contributed by atoms with Crippen molar-refractivity contribution in [2.24, 2.45) is 13.0 Å². The molecule has 0 amide bonds. The lowest BCUT2D eigenvalue weighted by atomic mass is 10.0. The third kappa shape index (κ3) is 5.87. The van der Waals surface area contributed by atoms with Gasteiger partial charge in [0.05, 0.1) is 0 Å². The van der Waals surface area contributed by atoms with E-state index in [2.05, 4.69) is 49.6 Å². The number of hydrogen-bond acceptors (Lipinski definition) is 2. The van der Waals surface area contributed by atoms with Crippen LogP contribution in [-0.2, 0) is 13.5 Å². The van der Waals surface area contributed by atoms with E-state index in [9.17, 15) is 0 Å². The van der Waals surface area contributed by atoms with Gasteiger partial charge in [0, 0.05) is 31.4 Å². The average molecular weight is 237 g/mol. The lowest BCUT2D eigenvalue weighted by Gasteiger charge is -2.23. The summed E-state index contributed by atoms with van der Waals surface area (Å²) in [6.07, 6.45) is 7.46. The molecule has 0 aliphatic carbocycles. The average Bonchev–Trinajstić information content (AvgIpc) is 2.61. The number of aromatic nitrogens is 2. The van der Waals surface area contributed by atoms with Crippen molar-refractivity contribution in [1.29, 1.82) is 0 Å². The van der Waals surface area contributed by atoms with Crippen LogP contribution in [0.1, 0.15) is 46.4 Å². The maximum absolute atomic E-state index is 4.35. The maximum Gasteiger partial charge on any atom is 0.108 e. The van der Waals surface area contributed by atoms with Gasteiger partial charge in [-0.15, -0.1) is 0 Å². The van der Waals surface area contributed by atoms with E-state index in [1.54, 1.807) is 0 Å². The molecule has 0 fully saturated rings.